The first-order chi connectivity index (χ1) is 12.1. The highest BCUT2D eigenvalue weighted by Crippen LogP contribution is 2.22. The van der Waals surface area contributed by atoms with Crippen molar-refractivity contribution in [3.05, 3.63) is 72.7 Å². The van der Waals surface area contributed by atoms with E-state index < -0.39 is 11.9 Å². The van der Waals surface area contributed by atoms with Crippen LogP contribution in [0.5, 0.6) is 5.75 Å². The van der Waals surface area contributed by atoms with E-state index in [1.807, 2.05) is 42.5 Å². The lowest BCUT2D eigenvalue weighted by atomic mass is 10.1. The van der Waals surface area contributed by atoms with Gasteiger partial charge in [0.1, 0.15) is 5.75 Å². The standard InChI is InChI=1S/C19H15NO5/c21-17(20-16-10-11-24-18(16)19(22)23)12-25-15-8-6-14(7-9-15)13-4-2-1-3-5-13/h1-11H,12H2,(H,20,21)(H,22,23). The Morgan fingerprint density at radius 1 is 0.960 bits per heavy atom. The Balaban J connectivity index is 1.57. The largest absolute Gasteiger partial charge is 0.484 e. The van der Waals surface area contributed by atoms with Crippen molar-refractivity contribution < 1.29 is 23.8 Å². The summed E-state index contributed by atoms with van der Waals surface area (Å²) in [5.74, 6) is -1.50. The second kappa shape index (κ2) is 7.35. The summed E-state index contributed by atoms with van der Waals surface area (Å²) < 4.78 is 10.2. The normalized spacial score (nSPS) is 10.2. The van der Waals surface area contributed by atoms with Crippen molar-refractivity contribution in [1.29, 1.82) is 0 Å². The topological polar surface area (TPSA) is 88.8 Å². The number of aromatic carboxylic acids is 1. The summed E-state index contributed by atoms with van der Waals surface area (Å²) in [5, 5.41) is 11.4. The second-order valence-electron chi connectivity index (χ2n) is 5.20. The fraction of sp³-hybridized carbons (Fsp3) is 0.0526. The number of benzene rings is 2. The molecule has 0 radical (unpaired) electrons. The van der Waals surface area contributed by atoms with Crippen LogP contribution < -0.4 is 10.1 Å². The number of nitrogens with one attached hydrogen (secondary N) is 1. The van der Waals surface area contributed by atoms with Gasteiger partial charge in [-0.15, -0.1) is 0 Å². The zero-order valence-electron chi connectivity index (χ0n) is 13.1. The number of carboxylic acid groups (broad SMARTS) is 1. The number of carbonyl (C=O) groups excluding carboxylic acids is 1. The molecule has 3 rings (SSSR count). The number of hydrogen-bond donors (Lipinski definition) is 2. The number of rotatable bonds is 6. The maximum absolute atomic E-state index is 11.9. The Morgan fingerprint density at radius 3 is 2.32 bits per heavy atom. The molecule has 1 amide bonds. The first kappa shape index (κ1) is 16.3. The van der Waals surface area contributed by atoms with Crippen LogP contribution in [0.15, 0.2) is 71.3 Å². The SMILES string of the molecule is O=C(COc1ccc(-c2ccccc2)cc1)Nc1ccoc1C(=O)O. The van der Waals surface area contributed by atoms with Gasteiger partial charge in [0, 0.05) is 6.07 Å². The fourth-order valence-corrected chi connectivity index (χ4v) is 2.28. The molecular formula is C19H15NO5. The van der Waals surface area contributed by atoms with Gasteiger partial charge < -0.3 is 19.6 Å². The lowest BCUT2D eigenvalue weighted by Gasteiger charge is -2.08. The predicted molar refractivity (Wildman–Crippen MR) is 91.7 cm³/mol. The molecule has 0 aliphatic heterocycles. The van der Waals surface area contributed by atoms with E-state index in [0.29, 0.717) is 5.75 Å². The van der Waals surface area contributed by atoms with Crippen LogP contribution in [0.1, 0.15) is 10.6 Å². The molecule has 126 valence electrons. The molecule has 1 heterocycles. The molecular weight excluding hydrogens is 322 g/mol. The first-order valence-electron chi connectivity index (χ1n) is 7.52. The van der Waals surface area contributed by atoms with Gasteiger partial charge in [-0.25, -0.2) is 4.79 Å². The molecule has 2 N–H and O–H groups in total. The van der Waals surface area contributed by atoms with Crippen LogP contribution in [-0.2, 0) is 4.79 Å². The number of amides is 1. The van der Waals surface area contributed by atoms with Gasteiger partial charge >= 0.3 is 5.97 Å². The molecule has 25 heavy (non-hydrogen) atoms. The third kappa shape index (κ3) is 4.06. The van der Waals surface area contributed by atoms with Gasteiger partial charge in [-0.1, -0.05) is 42.5 Å². The highest BCUT2D eigenvalue weighted by molar-refractivity contribution is 5.99. The predicted octanol–water partition coefficient (Wildman–Crippen LogP) is 3.66. The van der Waals surface area contributed by atoms with Gasteiger partial charge in [-0.05, 0) is 23.3 Å². The van der Waals surface area contributed by atoms with Crippen molar-refractivity contribution in [1.82, 2.24) is 0 Å². The number of hydrogen-bond acceptors (Lipinski definition) is 4. The van der Waals surface area contributed by atoms with Gasteiger partial charge in [0.25, 0.3) is 5.91 Å². The monoisotopic (exact) mass is 337 g/mol. The Hall–Kier alpha value is -3.54. The zero-order chi connectivity index (χ0) is 17.6. The number of carbonyl (C=O) groups is 2. The van der Waals surface area contributed by atoms with Crippen LogP contribution in [-0.4, -0.2) is 23.6 Å². The molecule has 2 aromatic carbocycles. The van der Waals surface area contributed by atoms with E-state index in [1.54, 1.807) is 12.1 Å². The highest BCUT2D eigenvalue weighted by atomic mass is 16.5. The van der Waals surface area contributed by atoms with Crippen LogP contribution in [0.3, 0.4) is 0 Å². The van der Waals surface area contributed by atoms with E-state index in [0.717, 1.165) is 11.1 Å². The zero-order valence-corrected chi connectivity index (χ0v) is 13.1. The van der Waals surface area contributed by atoms with Crippen molar-refractivity contribution in [2.45, 2.75) is 0 Å². The van der Waals surface area contributed by atoms with Crippen LogP contribution in [0.2, 0.25) is 0 Å². The van der Waals surface area contributed by atoms with Crippen molar-refractivity contribution in [2.75, 3.05) is 11.9 Å². The van der Waals surface area contributed by atoms with Gasteiger partial charge in [0.2, 0.25) is 5.76 Å². The highest BCUT2D eigenvalue weighted by Gasteiger charge is 2.16. The van der Waals surface area contributed by atoms with Crippen molar-refractivity contribution >= 4 is 17.6 Å². The summed E-state index contributed by atoms with van der Waals surface area (Å²) in [6.07, 6.45) is 1.20. The minimum absolute atomic E-state index is 0.0977. The van der Waals surface area contributed by atoms with E-state index in [2.05, 4.69) is 5.32 Å². The van der Waals surface area contributed by atoms with Gasteiger partial charge in [-0.3, -0.25) is 4.79 Å². The van der Waals surface area contributed by atoms with E-state index in [4.69, 9.17) is 14.3 Å². The molecule has 1 aromatic heterocycles. The summed E-state index contributed by atoms with van der Waals surface area (Å²) in [7, 11) is 0. The molecule has 0 saturated heterocycles. The molecule has 0 spiro atoms. The summed E-state index contributed by atoms with van der Waals surface area (Å²) >= 11 is 0. The van der Waals surface area contributed by atoms with Crippen LogP contribution in [0, 0.1) is 0 Å². The van der Waals surface area contributed by atoms with Crippen molar-refractivity contribution in [3.63, 3.8) is 0 Å². The Bertz CT molecular complexity index is 868. The Kier molecular flexibility index (Phi) is 4.80. The lowest BCUT2D eigenvalue weighted by molar-refractivity contribution is -0.118. The summed E-state index contributed by atoms with van der Waals surface area (Å²) in [6.45, 7) is -0.241. The van der Waals surface area contributed by atoms with E-state index in [-0.39, 0.29) is 18.1 Å². The van der Waals surface area contributed by atoms with Gasteiger partial charge in [-0.2, -0.15) is 0 Å². The minimum atomic E-state index is -1.25. The summed E-state index contributed by atoms with van der Waals surface area (Å²) in [4.78, 5) is 22.8. The van der Waals surface area contributed by atoms with E-state index >= 15 is 0 Å². The molecule has 0 unspecified atom stereocenters. The molecule has 6 nitrogen and oxygen atoms in total. The average molecular weight is 337 g/mol. The summed E-state index contributed by atoms with van der Waals surface area (Å²) in [6, 6.07) is 18.6. The molecule has 0 saturated carbocycles. The molecule has 0 fully saturated rings. The molecule has 3 aromatic rings. The number of furan rings is 1. The molecule has 0 bridgehead atoms. The van der Waals surface area contributed by atoms with E-state index in [1.165, 1.54) is 12.3 Å². The van der Waals surface area contributed by atoms with Crippen molar-refractivity contribution in [2.24, 2.45) is 0 Å². The second-order valence-corrected chi connectivity index (χ2v) is 5.20. The van der Waals surface area contributed by atoms with Crippen molar-refractivity contribution in [3.8, 4) is 16.9 Å². The van der Waals surface area contributed by atoms with Crippen LogP contribution in [0.4, 0.5) is 5.69 Å². The first-order valence-corrected chi connectivity index (χ1v) is 7.52. The molecule has 6 heteroatoms. The smallest absolute Gasteiger partial charge is 0.374 e. The van der Waals surface area contributed by atoms with Gasteiger partial charge in [0.05, 0.1) is 12.0 Å². The number of ether oxygens (including phenoxy) is 1. The number of anilines is 1. The number of carboxylic acids is 1. The van der Waals surface area contributed by atoms with Crippen LogP contribution >= 0.6 is 0 Å². The molecule has 0 atom stereocenters. The van der Waals surface area contributed by atoms with Gasteiger partial charge in [0.15, 0.2) is 6.61 Å². The third-order valence-corrected chi connectivity index (χ3v) is 3.46. The maximum Gasteiger partial charge on any atom is 0.374 e. The molecule has 0 aliphatic carbocycles. The van der Waals surface area contributed by atoms with E-state index in [9.17, 15) is 9.59 Å². The Morgan fingerprint density at radius 2 is 1.64 bits per heavy atom. The Labute approximate surface area is 143 Å². The van der Waals surface area contributed by atoms with Crippen LogP contribution in [0.25, 0.3) is 11.1 Å². The maximum atomic E-state index is 11.9. The average Bonchev–Trinajstić information content (AvgIpc) is 3.09. The quantitative estimate of drug-likeness (QED) is 0.716. The third-order valence-electron chi connectivity index (χ3n) is 3.46. The minimum Gasteiger partial charge on any atom is -0.484 e. The fourth-order valence-electron chi connectivity index (χ4n) is 2.28. The lowest BCUT2D eigenvalue weighted by Crippen LogP contribution is -2.21. The molecule has 0 aliphatic rings. The summed E-state index contributed by atoms with van der Waals surface area (Å²) in [5.41, 5.74) is 2.23.